The molecule has 0 spiro atoms. The molecule has 0 bridgehead atoms. The standard InChI is InChI=1S/C22H20N2O5S/c25-21(23-17-10-11-17)15-6-8-16(9-7-15)24-22(26)20-13-12-18(29-20)14-30(27,28)19-4-2-1-3-5-19/h1-9,12-13,17H,10-11,14H2,(H,23,25)(H,24,26). The molecule has 0 atom stereocenters. The fraction of sp³-hybridized carbons (Fsp3) is 0.182. The van der Waals surface area contributed by atoms with E-state index in [2.05, 4.69) is 10.6 Å². The van der Waals surface area contributed by atoms with E-state index in [1.807, 2.05) is 0 Å². The summed E-state index contributed by atoms with van der Waals surface area (Å²) in [5.41, 5.74) is 1.02. The zero-order chi connectivity index (χ0) is 21.1. The van der Waals surface area contributed by atoms with Crippen molar-refractivity contribution in [3.05, 3.63) is 83.8 Å². The van der Waals surface area contributed by atoms with Crippen molar-refractivity contribution in [3.8, 4) is 0 Å². The second-order valence-electron chi connectivity index (χ2n) is 7.12. The van der Waals surface area contributed by atoms with Crippen LogP contribution in [0.4, 0.5) is 5.69 Å². The Morgan fingerprint density at radius 3 is 2.27 bits per heavy atom. The molecular weight excluding hydrogens is 404 g/mol. The third kappa shape index (κ3) is 4.77. The third-order valence-corrected chi connectivity index (χ3v) is 6.29. The highest BCUT2D eigenvalue weighted by atomic mass is 32.2. The molecule has 2 amide bonds. The highest BCUT2D eigenvalue weighted by Gasteiger charge is 2.24. The van der Waals surface area contributed by atoms with Crippen LogP contribution in [0.5, 0.6) is 0 Å². The van der Waals surface area contributed by atoms with Gasteiger partial charge in [-0.2, -0.15) is 0 Å². The lowest BCUT2D eigenvalue weighted by Gasteiger charge is -2.06. The van der Waals surface area contributed by atoms with Crippen LogP contribution in [0.15, 0.2) is 76.0 Å². The van der Waals surface area contributed by atoms with Gasteiger partial charge in [-0.05, 0) is 61.4 Å². The molecule has 0 radical (unpaired) electrons. The quantitative estimate of drug-likeness (QED) is 0.605. The van der Waals surface area contributed by atoms with Crippen molar-refractivity contribution >= 4 is 27.3 Å². The highest BCUT2D eigenvalue weighted by molar-refractivity contribution is 7.90. The Morgan fingerprint density at radius 2 is 1.60 bits per heavy atom. The van der Waals surface area contributed by atoms with E-state index in [9.17, 15) is 18.0 Å². The third-order valence-electron chi connectivity index (χ3n) is 4.64. The number of furan rings is 1. The maximum absolute atomic E-state index is 12.4. The summed E-state index contributed by atoms with van der Waals surface area (Å²) in [5.74, 6) is -0.797. The molecule has 1 aliphatic carbocycles. The molecule has 1 saturated carbocycles. The first-order chi connectivity index (χ1) is 14.4. The van der Waals surface area contributed by atoms with E-state index in [4.69, 9.17) is 4.42 Å². The molecule has 7 nitrogen and oxygen atoms in total. The molecule has 1 aromatic heterocycles. The number of anilines is 1. The van der Waals surface area contributed by atoms with Gasteiger partial charge in [-0.1, -0.05) is 18.2 Å². The minimum atomic E-state index is -3.57. The predicted molar refractivity (Wildman–Crippen MR) is 111 cm³/mol. The first kappa shape index (κ1) is 19.9. The molecule has 2 aromatic carbocycles. The number of carbonyl (C=O) groups excluding carboxylic acids is 2. The van der Waals surface area contributed by atoms with Crippen LogP contribution in [0, 0.1) is 0 Å². The van der Waals surface area contributed by atoms with E-state index in [1.54, 1.807) is 42.5 Å². The van der Waals surface area contributed by atoms with Gasteiger partial charge in [-0.25, -0.2) is 8.42 Å². The van der Waals surface area contributed by atoms with Gasteiger partial charge < -0.3 is 15.1 Å². The van der Waals surface area contributed by atoms with Gasteiger partial charge in [0.15, 0.2) is 15.6 Å². The van der Waals surface area contributed by atoms with Gasteiger partial charge in [-0.15, -0.1) is 0 Å². The summed E-state index contributed by atoms with van der Waals surface area (Å²) in [6.45, 7) is 0. The second-order valence-corrected chi connectivity index (χ2v) is 9.11. The Balaban J connectivity index is 1.38. The van der Waals surface area contributed by atoms with Crippen molar-refractivity contribution < 1.29 is 22.4 Å². The summed E-state index contributed by atoms with van der Waals surface area (Å²) in [5, 5.41) is 5.57. The number of sulfone groups is 1. The lowest BCUT2D eigenvalue weighted by atomic mass is 10.2. The zero-order valence-corrected chi connectivity index (χ0v) is 16.8. The van der Waals surface area contributed by atoms with Gasteiger partial charge in [0.2, 0.25) is 0 Å². The van der Waals surface area contributed by atoms with Crippen molar-refractivity contribution in [2.75, 3.05) is 5.32 Å². The van der Waals surface area contributed by atoms with Crippen LogP contribution in [-0.4, -0.2) is 26.3 Å². The molecule has 1 heterocycles. The van der Waals surface area contributed by atoms with E-state index in [0.29, 0.717) is 11.3 Å². The zero-order valence-electron chi connectivity index (χ0n) is 16.0. The average Bonchev–Trinajstić information content (AvgIpc) is 3.44. The van der Waals surface area contributed by atoms with E-state index in [-0.39, 0.29) is 34.1 Å². The number of nitrogens with one attached hydrogen (secondary N) is 2. The lowest BCUT2D eigenvalue weighted by Crippen LogP contribution is -2.25. The number of hydrogen-bond donors (Lipinski definition) is 2. The van der Waals surface area contributed by atoms with E-state index >= 15 is 0 Å². The second kappa shape index (κ2) is 8.16. The summed E-state index contributed by atoms with van der Waals surface area (Å²) >= 11 is 0. The Morgan fingerprint density at radius 1 is 0.900 bits per heavy atom. The van der Waals surface area contributed by atoms with Crippen LogP contribution in [0.1, 0.15) is 39.5 Å². The SMILES string of the molecule is O=C(NC1CC1)c1ccc(NC(=O)c2ccc(CS(=O)(=O)c3ccccc3)o2)cc1. The lowest BCUT2D eigenvalue weighted by molar-refractivity contribution is 0.0950. The molecule has 154 valence electrons. The van der Waals surface area contributed by atoms with Crippen LogP contribution in [-0.2, 0) is 15.6 Å². The van der Waals surface area contributed by atoms with Crippen LogP contribution in [0.3, 0.4) is 0 Å². The van der Waals surface area contributed by atoms with E-state index < -0.39 is 15.7 Å². The molecule has 0 saturated heterocycles. The fourth-order valence-electron chi connectivity index (χ4n) is 2.87. The predicted octanol–water partition coefficient (Wildman–Crippen LogP) is 3.40. The van der Waals surface area contributed by atoms with Gasteiger partial charge in [0.05, 0.1) is 4.90 Å². The van der Waals surface area contributed by atoms with Gasteiger partial charge in [-0.3, -0.25) is 9.59 Å². The summed E-state index contributed by atoms with van der Waals surface area (Å²) in [7, 11) is -3.57. The maximum atomic E-state index is 12.4. The summed E-state index contributed by atoms with van der Waals surface area (Å²) in [6, 6.07) is 17.8. The van der Waals surface area contributed by atoms with Gasteiger partial charge in [0.25, 0.3) is 11.8 Å². The summed E-state index contributed by atoms with van der Waals surface area (Å²) in [6.07, 6.45) is 2.02. The first-order valence-electron chi connectivity index (χ1n) is 9.49. The summed E-state index contributed by atoms with van der Waals surface area (Å²) < 4.78 is 30.3. The minimum Gasteiger partial charge on any atom is -0.455 e. The highest BCUT2D eigenvalue weighted by Crippen LogP contribution is 2.21. The number of amides is 2. The molecule has 4 rings (SSSR count). The Kier molecular flexibility index (Phi) is 5.41. The largest absolute Gasteiger partial charge is 0.455 e. The van der Waals surface area contributed by atoms with Gasteiger partial charge >= 0.3 is 0 Å². The van der Waals surface area contributed by atoms with Crippen LogP contribution < -0.4 is 10.6 Å². The minimum absolute atomic E-state index is 0.00353. The van der Waals surface area contributed by atoms with Crippen LogP contribution in [0.25, 0.3) is 0 Å². The number of benzene rings is 2. The Bertz CT molecular complexity index is 1160. The molecule has 3 aromatic rings. The molecule has 1 fully saturated rings. The smallest absolute Gasteiger partial charge is 0.291 e. The Hall–Kier alpha value is -3.39. The Labute approximate surface area is 174 Å². The van der Waals surface area contributed by atoms with Crippen molar-refractivity contribution in [2.24, 2.45) is 0 Å². The van der Waals surface area contributed by atoms with Crippen LogP contribution >= 0.6 is 0 Å². The molecule has 2 N–H and O–H groups in total. The van der Waals surface area contributed by atoms with E-state index in [0.717, 1.165) is 12.8 Å². The summed E-state index contributed by atoms with van der Waals surface area (Å²) in [4.78, 5) is 24.6. The van der Waals surface area contributed by atoms with Gasteiger partial charge in [0.1, 0.15) is 11.5 Å². The molecular formula is C22H20N2O5S. The molecule has 0 unspecified atom stereocenters. The molecule has 1 aliphatic rings. The van der Waals surface area contributed by atoms with Crippen LogP contribution in [0.2, 0.25) is 0 Å². The monoisotopic (exact) mass is 424 g/mol. The first-order valence-corrected chi connectivity index (χ1v) is 11.1. The van der Waals surface area contributed by atoms with Gasteiger partial charge in [0, 0.05) is 17.3 Å². The van der Waals surface area contributed by atoms with Crippen molar-refractivity contribution in [1.82, 2.24) is 5.32 Å². The van der Waals surface area contributed by atoms with E-state index in [1.165, 1.54) is 24.3 Å². The van der Waals surface area contributed by atoms with Crippen molar-refractivity contribution in [2.45, 2.75) is 29.5 Å². The topological polar surface area (TPSA) is 105 Å². The fourth-order valence-corrected chi connectivity index (χ4v) is 4.14. The average molecular weight is 424 g/mol. The molecule has 8 heteroatoms. The van der Waals surface area contributed by atoms with Crippen molar-refractivity contribution in [1.29, 1.82) is 0 Å². The number of carbonyl (C=O) groups is 2. The molecule has 30 heavy (non-hydrogen) atoms. The number of rotatable bonds is 7. The van der Waals surface area contributed by atoms with Crippen molar-refractivity contribution in [3.63, 3.8) is 0 Å². The molecule has 0 aliphatic heterocycles. The normalized spacial score (nSPS) is 13.6. The maximum Gasteiger partial charge on any atom is 0.291 e. The number of hydrogen-bond acceptors (Lipinski definition) is 5.